The van der Waals surface area contributed by atoms with Gasteiger partial charge in [-0.1, -0.05) is 19.8 Å². The molecule has 0 radical (unpaired) electrons. The Morgan fingerprint density at radius 3 is 2.70 bits per heavy atom. The fraction of sp³-hybridized carbons (Fsp3) is 0.571. The fourth-order valence-corrected chi connectivity index (χ4v) is 3.88. The summed E-state index contributed by atoms with van der Waals surface area (Å²) in [4.78, 5) is -0.0681. The van der Waals surface area contributed by atoms with E-state index in [9.17, 15) is 12.8 Å². The highest BCUT2D eigenvalue weighted by Gasteiger charge is 2.23. The second-order valence-electron chi connectivity index (χ2n) is 5.61. The second kappa shape index (κ2) is 6.10. The molecule has 1 fully saturated rings. The standard InChI is InChI=1S/C14H21FN2O2S/c1-10-3-2-4-11(6-5-10)17-20(18,19)12-7-8-14(16)13(15)9-12/h7-11,17H,2-6,16H2,1H3. The maximum absolute atomic E-state index is 13.4. The predicted octanol–water partition coefficient (Wildman–Crippen LogP) is 2.66. The molecular formula is C14H21FN2O2S. The largest absolute Gasteiger partial charge is 0.396 e. The third kappa shape index (κ3) is 3.70. The first-order valence-electron chi connectivity index (χ1n) is 6.96. The van der Waals surface area contributed by atoms with Crippen molar-refractivity contribution in [2.45, 2.75) is 50.0 Å². The number of halogens is 1. The number of nitrogen functional groups attached to an aromatic ring is 1. The average molecular weight is 300 g/mol. The summed E-state index contributed by atoms with van der Waals surface area (Å²) < 4.78 is 40.5. The predicted molar refractivity (Wildman–Crippen MR) is 77.2 cm³/mol. The first-order chi connectivity index (χ1) is 9.38. The van der Waals surface area contributed by atoms with Crippen molar-refractivity contribution in [2.75, 3.05) is 5.73 Å². The summed E-state index contributed by atoms with van der Waals surface area (Å²) in [6, 6.07) is 3.52. The molecule has 1 saturated carbocycles. The van der Waals surface area contributed by atoms with Crippen molar-refractivity contribution in [3.05, 3.63) is 24.0 Å². The van der Waals surface area contributed by atoms with E-state index in [2.05, 4.69) is 11.6 Å². The zero-order valence-electron chi connectivity index (χ0n) is 11.6. The summed E-state index contributed by atoms with van der Waals surface area (Å²) in [6.45, 7) is 2.19. The Kier molecular flexibility index (Phi) is 4.65. The molecule has 2 atom stereocenters. The van der Waals surface area contributed by atoms with Gasteiger partial charge in [-0.15, -0.1) is 0 Å². The Labute approximate surface area is 119 Å². The van der Waals surface area contributed by atoms with E-state index in [0.29, 0.717) is 5.92 Å². The van der Waals surface area contributed by atoms with E-state index in [0.717, 1.165) is 38.2 Å². The van der Waals surface area contributed by atoms with Gasteiger partial charge in [0.1, 0.15) is 5.82 Å². The van der Waals surface area contributed by atoms with Gasteiger partial charge >= 0.3 is 0 Å². The number of sulfonamides is 1. The summed E-state index contributed by atoms with van der Waals surface area (Å²) in [6.07, 6.45) is 4.83. The number of nitrogens with one attached hydrogen (secondary N) is 1. The topological polar surface area (TPSA) is 72.2 Å². The fourth-order valence-electron chi connectivity index (χ4n) is 2.57. The third-order valence-electron chi connectivity index (χ3n) is 3.86. The van der Waals surface area contributed by atoms with Crippen LogP contribution in [0.2, 0.25) is 0 Å². The molecule has 1 aromatic rings. The molecule has 112 valence electrons. The lowest BCUT2D eigenvalue weighted by Crippen LogP contribution is -2.34. The van der Waals surface area contributed by atoms with E-state index < -0.39 is 15.8 Å². The van der Waals surface area contributed by atoms with Crippen LogP contribution in [-0.4, -0.2) is 14.5 Å². The summed E-state index contributed by atoms with van der Waals surface area (Å²) in [5, 5.41) is 0. The Bertz CT molecular complexity index is 575. The molecule has 1 aromatic carbocycles. The maximum atomic E-state index is 13.4. The van der Waals surface area contributed by atoms with Crippen molar-refractivity contribution in [1.29, 1.82) is 0 Å². The SMILES string of the molecule is CC1CCCC(NS(=O)(=O)c2ccc(N)c(F)c2)CC1. The van der Waals surface area contributed by atoms with E-state index in [-0.39, 0.29) is 16.6 Å². The van der Waals surface area contributed by atoms with Gasteiger partial charge in [-0.25, -0.2) is 17.5 Å². The summed E-state index contributed by atoms with van der Waals surface area (Å²) in [7, 11) is -3.68. The highest BCUT2D eigenvalue weighted by Crippen LogP contribution is 2.24. The third-order valence-corrected chi connectivity index (χ3v) is 5.38. The minimum absolute atomic E-state index is 0.0489. The zero-order valence-corrected chi connectivity index (χ0v) is 12.4. The normalized spacial score (nSPS) is 24.3. The molecule has 0 amide bonds. The molecule has 4 nitrogen and oxygen atoms in total. The molecule has 0 bridgehead atoms. The monoisotopic (exact) mass is 300 g/mol. The van der Waals surface area contributed by atoms with Gasteiger partial charge in [0.2, 0.25) is 10.0 Å². The van der Waals surface area contributed by atoms with Gasteiger partial charge in [-0.2, -0.15) is 0 Å². The molecule has 1 aliphatic rings. The Morgan fingerprint density at radius 1 is 1.25 bits per heavy atom. The van der Waals surface area contributed by atoms with Gasteiger partial charge < -0.3 is 5.73 Å². The van der Waals surface area contributed by atoms with Crippen LogP contribution in [0.1, 0.15) is 39.0 Å². The number of hydrogen-bond acceptors (Lipinski definition) is 3. The number of anilines is 1. The van der Waals surface area contributed by atoms with Crippen molar-refractivity contribution >= 4 is 15.7 Å². The Morgan fingerprint density at radius 2 is 2.00 bits per heavy atom. The molecule has 20 heavy (non-hydrogen) atoms. The molecule has 0 saturated heterocycles. The van der Waals surface area contributed by atoms with E-state index in [1.165, 1.54) is 12.1 Å². The number of rotatable bonds is 3. The lowest BCUT2D eigenvalue weighted by atomic mass is 10.0. The van der Waals surface area contributed by atoms with E-state index in [1.807, 2.05) is 0 Å². The molecular weight excluding hydrogens is 279 g/mol. The van der Waals surface area contributed by atoms with Crippen LogP contribution >= 0.6 is 0 Å². The van der Waals surface area contributed by atoms with E-state index in [1.54, 1.807) is 0 Å². The van der Waals surface area contributed by atoms with Crippen molar-refractivity contribution in [2.24, 2.45) is 5.92 Å². The lowest BCUT2D eigenvalue weighted by molar-refractivity contribution is 0.484. The molecule has 0 spiro atoms. The van der Waals surface area contributed by atoms with Crippen LogP contribution in [0.5, 0.6) is 0 Å². The quantitative estimate of drug-likeness (QED) is 0.666. The molecule has 6 heteroatoms. The first kappa shape index (κ1) is 15.3. The van der Waals surface area contributed by atoms with Crippen molar-refractivity contribution in [3.8, 4) is 0 Å². The minimum atomic E-state index is -3.68. The molecule has 0 aliphatic heterocycles. The van der Waals surface area contributed by atoms with Crippen LogP contribution in [0.15, 0.2) is 23.1 Å². The molecule has 0 aromatic heterocycles. The van der Waals surface area contributed by atoms with E-state index in [4.69, 9.17) is 5.73 Å². The van der Waals surface area contributed by atoms with Crippen molar-refractivity contribution < 1.29 is 12.8 Å². The van der Waals surface area contributed by atoms with Crippen molar-refractivity contribution in [1.82, 2.24) is 4.72 Å². The highest BCUT2D eigenvalue weighted by atomic mass is 32.2. The van der Waals surface area contributed by atoms with Gasteiger partial charge in [0.05, 0.1) is 10.6 Å². The van der Waals surface area contributed by atoms with E-state index >= 15 is 0 Å². The van der Waals surface area contributed by atoms with Gasteiger partial charge in [-0.05, 0) is 43.4 Å². The summed E-state index contributed by atoms with van der Waals surface area (Å²) in [5.74, 6) is -0.0687. The van der Waals surface area contributed by atoms with Crippen LogP contribution in [0.4, 0.5) is 10.1 Å². The van der Waals surface area contributed by atoms with Crippen LogP contribution in [0, 0.1) is 11.7 Å². The molecule has 1 aliphatic carbocycles. The van der Waals surface area contributed by atoms with Gasteiger partial charge in [0.25, 0.3) is 0 Å². The minimum Gasteiger partial charge on any atom is -0.396 e. The maximum Gasteiger partial charge on any atom is 0.240 e. The highest BCUT2D eigenvalue weighted by molar-refractivity contribution is 7.89. The lowest BCUT2D eigenvalue weighted by Gasteiger charge is -2.16. The summed E-state index contributed by atoms with van der Waals surface area (Å²) in [5.41, 5.74) is 5.31. The smallest absolute Gasteiger partial charge is 0.240 e. The Balaban J connectivity index is 2.12. The molecule has 2 unspecified atom stereocenters. The van der Waals surface area contributed by atoms with Crippen LogP contribution in [0.3, 0.4) is 0 Å². The second-order valence-corrected chi connectivity index (χ2v) is 7.33. The Hall–Kier alpha value is -1.14. The number of benzene rings is 1. The number of hydrogen-bond donors (Lipinski definition) is 2. The first-order valence-corrected chi connectivity index (χ1v) is 8.44. The van der Waals surface area contributed by atoms with Gasteiger partial charge in [0, 0.05) is 6.04 Å². The molecule has 0 heterocycles. The summed E-state index contributed by atoms with van der Waals surface area (Å²) >= 11 is 0. The average Bonchev–Trinajstić information content (AvgIpc) is 2.57. The number of nitrogens with two attached hydrogens (primary N) is 1. The van der Waals surface area contributed by atoms with Gasteiger partial charge in [0.15, 0.2) is 0 Å². The molecule has 3 N–H and O–H groups in total. The van der Waals surface area contributed by atoms with Crippen LogP contribution in [0.25, 0.3) is 0 Å². The van der Waals surface area contributed by atoms with Crippen LogP contribution < -0.4 is 10.5 Å². The van der Waals surface area contributed by atoms with Crippen molar-refractivity contribution in [3.63, 3.8) is 0 Å². The zero-order chi connectivity index (χ0) is 14.8. The van der Waals surface area contributed by atoms with Gasteiger partial charge in [-0.3, -0.25) is 0 Å². The molecule has 2 rings (SSSR count). The van der Waals surface area contributed by atoms with Crippen LogP contribution in [-0.2, 0) is 10.0 Å².